The van der Waals surface area contributed by atoms with Gasteiger partial charge >= 0.3 is 12.1 Å². The van der Waals surface area contributed by atoms with E-state index in [0.29, 0.717) is 41.5 Å². The first-order valence-electron chi connectivity index (χ1n) is 13.4. The number of fused-ring (bicyclic) bond motifs is 1. The molecule has 0 bridgehead atoms. The molecule has 4 N–H and O–H groups in total. The molecule has 1 aliphatic rings. The number of anilines is 2. The lowest BCUT2D eigenvalue weighted by molar-refractivity contribution is -0.134. The maximum Gasteiger partial charge on any atom is 0.323 e. The van der Waals surface area contributed by atoms with Crippen LogP contribution in [0.4, 0.5) is 21.0 Å². The predicted molar refractivity (Wildman–Crippen MR) is 154 cm³/mol. The quantitative estimate of drug-likeness (QED) is 0.394. The van der Waals surface area contributed by atoms with Gasteiger partial charge in [0.05, 0.1) is 32.7 Å². The fraction of sp³-hybridized carbons (Fsp3) is 0.483. The van der Waals surface area contributed by atoms with Gasteiger partial charge in [-0.25, -0.2) is 9.59 Å². The van der Waals surface area contributed by atoms with Gasteiger partial charge in [-0.3, -0.25) is 4.79 Å². The zero-order valence-corrected chi connectivity index (χ0v) is 24.1. The van der Waals surface area contributed by atoms with Crippen molar-refractivity contribution < 1.29 is 29.0 Å². The third-order valence-electron chi connectivity index (χ3n) is 6.73. The fourth-order valence-electron chi connectivity index (χ4n) is 4.40. The van der Waals surface area contributed by atoms with Crippen molar-refractivity contribution in [2.24, 2.45) is 5.92 Å². The lowest BCUT2D eigenvalue weighted by Crippen LogP contribution is -2.49. The molecule has 0 fully saturated rings. The molecule has 40 heavy (non-hydrogen) atoms. The fourth-order valence-corrected chi connectivity index (χ4v) is 4.40. The van der Waals surface area contributed by atoms with Crippen molar-refractivity contribution >= 4 is 29.3 Å². The number of hydrogen-bond acceptors (Lipinski definition) is 6. The van der Waals surface area contributed by atoms with Crippen molar-refractivity contribution in [3.8, 4) is 11.5 Å². The SMILES string of the molecule is COc1ccc(NC(=O)Nc2ccc3c(c2)CC(=O)N([C@H](C)CO)C[C@@H](C)[C@H](CN(C)C(=O)NC(C)C)O3)cc1. The molecule has 218 valence electrons. The molecule has 11 heteroatoms. The Hall–Kier alpha value is -3.99. The number of amides is 5. The summed E-state index contributed by atoms with van der Waals surface area (Å²) in [5.74, 6) is 0.871. The molecular formula is C29H41N5O6. The number of urea groups is 2. The van der Waals surface area contributed by atoms with Crippen LogP contribution in [0.5, 0.6) is 11.5 Å². The molecule has 0 aromatic heterocycles. The van der Waals surface area contributed by atoms with Gasteiger partial charge in [-0.2, -0.15) is 0 Å². The van der Waals surface area contributed by atoms with E-state index in [0.717, 1.165) is 0 Å². The normalized spacial score (nSPS) is 17.9. The van der Waals surface area contributed by atoms with Gasteiger partial charge in [0.25, 0.3) is 0 Å². The van der Waals surface area contributed by atoms with Crippen LogP contribution in [0.25, 0.3) is 0 Å². The van der Waals surface area contributed by atoms with Crippen molar-refractivity contribution in [2.45, 2.75) is 52.3 Å². The number of carbonyl (C=O) groups excluding carboxylic acids is 3. The Bertz CT molecular complexity index is 1170. The molecule has 1 heterocycles. The van der Waals surface area contributed by atoms with Gasteiger partial charge in [-0.05, 0) is 63.2 Å². The van der Waals surface area contributed by atoms with Gasteiger partial charge in [0.2, 0.25) is 5.91 Å². The Kier molecular flexibility index (Phi) is 10.6. The van der Waals surface area contributed by atoms with Crippen molar-refractivity contribution in [3.05, 3.63) is 48.0 Å². The summed E-state index contributed by atoms with van der Waals surface area (Å²) in [5, 5.41) is 18.3. The summed E-state index contributed by atoms with van der Waals surface area (Å²) in [6.45, 7) is 8.01. The lowest BCUT2D eigenvalue weighted by Gasteiger charge is -2.34. The summed E-state index contributed by atoms with van der Waals surface area (Å²) in [4.78, 5) is 41.9. The van der Waals surface area contributed by atoms with E-state index in [9.17, 15) is 19.5 Å². The number of carbonyl (C=O) groups is 3. The lowest BCUT2D eigenvalue weighted by atomic mass is 10.0. The molecule has 1 aliphatic heterocycles. The van der Waals surface area contributed by atoms with E-state index < -0.39 is 18.2 Å². The molecule has 2 aromatic rings. The minimum Gasteiger partial charge on any atom is -0.497 e. The summed E-state index contributed by atoms with van der Waals surface area (Å²) in [6, 6.07) is 11.0. The minimum absolute atomic E-state index is 0.0130. The number of hydrogen-bond donors (Lipinski definition) is 4. The van der Waals surface area contributed by atoms with Gasteiger partial charge in [0.1, 0.15) is 17.6 Å². The Balaban J connectivity index is 1.85. The van der Waals surface area contributed by atoms with E-state index in [1.165, 1.54) is 0 Å². The molecule has 3 rings (SSSR count). The second-order valence-corrected chi connectivity index (χ2v) is 10.5. The number of aliphatic hydroxyl groups is 1. The van der Waals surface area contributed by atoms with E-state index in [1.54, 1.807) is 73.3 Å². The van der Waals surface area contributed by atoms with Crippen LogP contribution in [0.3, 0.4) is 0 Å². The van der Waals surface area contributed by atoms with E-state index in [4.69, 9.17) is 9.47 Å². The Morgan fingerprint density at radius 1 is 1.12 bits per heavy atom. The standard InChI is InChI=1S/C29H41N5O6/c1-18(2)30-29(38)33(5)16-26-19(3)15-34(20(4)17-35)27(36)14-21-13-23(9-12-25(21)40-26)32-28(37)31-22-7-10-24(39-6)11-8-22/h7-13,18-20,26,35H,14-17H2,1-6H3,(H,30,38)(H2,31,32,37)/t19-,20-,26+/m1/s1. The van der Waals surface area contributed by atoms with Crippen LogP contribution in [0.2, 0.25) is 0 Å². The third-order valence-corrected chi connectivity index (χ3v) is 6.73. The average Bonchev–Trinajstić information content (AvgIpc) is 2.95. The van der Waals surface area contributed by atoms with E-state index in [1.807, 2.05) is 20.8 Å². The molecule has 0 spiro atoms. The zero-order chi connectivity index (χ0) is 29.4. The number of likely N-dealkylation sites (N-methyl/N-ethyl adjacent to an activating group) is 1. The van der Waals surface area contributed by atoms with Gasteiger partial charge in [-0.1, -0.05) is 6.92 Å². The van der Waals surface area contributed by atoms with Crippen molar-refractivity contribution in [1.29, 1.82) is 0 Å². The number of benzene rings is 2. The van der Waals surface area contributed by atoms with Gasteiger partial charge in [0, 0.05) is 42.5 Å². The molecule has 2 aromatic carbocycles. The summed E-state index contributed by atoms with van der Waals surface area (Å²) < 4.78 is 11.6. The van der Waals surface area contributed by atoms with Gasteiger partial charge in [-0.15, -0.1) is 0 Å². The molecule has 0 saturated heterocycles. The molecule has 0 saturated carbocycles. The highest BCUT2D eigenvalue weighted by Crippen LogP contribution is 2.29. The van der Waals surface area contributed by atoms with Crippen LogP contribution in [0, 0.1) is 5.92 Å². The van der Waals surface area contributed by atoms with Crippen LogP contribution < -0.4 is 25.4 Å². The van der Waals surface area contributed by atoms with Crippen molar-refractivity contribution in [1.82, 2.24) is 15.1 Å². The number of ether oxygens (including phenoxy) is 2. The van der Waals surface area contributed by atoms with E-state index in [-0.39, 0.29) is 36.9 Å². The predicted octanol–water partition coefficient (Wildman–Crippen LogP) is 3.54. The monoisotopic (exact) mass is 555 g/mol. The first-order chi connectivity index (χ1) is 19.0. The molecule has 11 nitrogen and oxygen atoms in total. The van der Waals surface area contributed by atoms with E-state index >= 15 is 0 Å². The van der Waals surface area contributed by atoms with Crippen LogP contribution >= 0.6 is 0 Å². The van der Waals surface area contributed by atoms with Gasteiger partial charge < -0.3 is 40.3 Å². The number of rotatable bonds is 8. The molecule has 0 unspecified atom stereocenters. The number of nitrogens with one attached hydrogen (secondary N) is 3. The topological polar surface area (TPSA) is 132 Å². The Morgan fingerprint density at radius 2 is 1.77 bits per heavy atom. The highest BCUT2D eigenvalue weighted by atomic mass is 16.5. The Labute approximate surface area is 235 Å². The summed E-state index contributed by atoms with van der Waals surface area (Å²) in [5.41, 5.74) is 1.67. The number of nitrogens with zero attached hydrogens (tertiary/aromatic N) is 2. The highest BCUT2D eigenvalue weighted by molar-refractivity contribution is 6.00. The third kappa shape index (κ3) is 8.25. The number of methoxy groups -OCH3 is 1. The number of aliphatic hydroxyl groups excluding tert-OH is 1. The maximum absolute atomic E-state index is 13.4. The average molecular weight is 556 g/mol. The molecule has 5 amide bonds. The minimum atomic E-state index is -0.444. The molecular weight excluding hydrogens is 514 g/mol. The highest BCUT2D eigenvalue weighted by Gasteiger charge is 2.32. The first-order valence-corrected chi connectivity index (χ1v) is 13.4. The van der Waals surface area contributed by atoms with Crippen molar-refractivity contribution in [2.75, 3.05) is 44.5 Å². The van der Waals surface area contributed by atoms with Gasteiger partial charge in [0.15, 0.2) is 0 Å². The van der Waals surface area contributed by atoms with Crippen molar-refractivity contribution in [3.63, 3.8) is 0 Å². The molecule has 3 atom stereocenters. The second-order valence-electron chi connectivity index (χ2n) is 10.5. The molecule has 0 radical (unpaired) electrons. The maximum atomic E-state index is 13.4. The van der Waals surface area contributed by atoms with Crippen LogP contribution in [0.15, 0.2) is 42.5 Å². The van der Waals surface area contributed by atoms with Crippen LogP contribution in [-0.4, -0.2) is 84.9 Å². The Morgan fingerprint density at radius 3 is 2.40 bits per heavy atom. The molecule has 0 aliphatic carbocycles. The summed E-state index contributed by atoms with van der Waals surface area (Å²) in [6.07, 6.45) is -0.406. The first kappa shape index (κ1) is 30.6. The second kappa shape index (κ2) is 13.9. The smallest absolute Gasteiger partial charge is 0.323 e. The van der Waals surface area contributed by atoms with E-state index in [2.05, 4.69) is 16.0 Å². The van der Waals surface area contributed by atoms with Crippen LogP contribution in [-0.2, 0) is 11.2 Å². The largest absolute Gasteiger partial charge is 0.497 e. The summed E-state index contributed by atoms with van der Waals surface area (Å²) in [7, 11) is 3.27. The summed E-state index contributed by atoms with van der Waals surface area (Å²) >= 11 is 0. The van der Waals surface area contributed by atoms with Crippen LogP contribution in [0.1, 0.15) is 33.3 Å². The zero-order valence-electron chi connectivity index (χ0n) is 24.1.